The second kappa shape index (κ2) is 9.60. The minimum absolute atomic E-state index is 0.0195. The summed E-state index contributed by atoms with van der Waals surface area (Å²) in [6.45, 7) is 13.4. The summed E-state index contributed by atoms with van der Waals surface area (Å²) in [6.07, 6.45) is 3.85. The van der Waals surface area contributed by atoms with Crippen molar-refractivity contribution in [2.24, 2.45) is 0 Å². The molecule has 0 aliphatic rings. The summed E-state index contributed by atoms with van der Waals surface area (Å²) < 4.78 is 0. The maximum atomic E-state index is 12.7. The fraction of sp³-hybridized carbons (Fsp3) is 0.368. The van der Waals surface area contributed by atoms with E-state index in [0.29, 0.717) is 26.1 Å². The van der Waals surface area contributed by atoms with E-state index in [0.717, 1.165) is 16.8 Å². The third-order valence-electron chi connectivity index (χ3n) is 3.40. The van der Waals surface area contributed by atoms with Crippen LogP contribution in [0.2, 0.25) is 0 Å². The Balaban J connectivity index is 2.99. The standard InChI is InChI=1S/C19H25N3O/c1-5-9-21(10-6-2)15-19(23)22(11-7-8-20)18-13-16(3)12-17(4)14-18/h5-6,12-14H,1-2,7,9-11,15H2,3-4H3. The van der Waals surface area contributed by atoms with Crippen molar-refractivity contribution in [1.29, 1.82) is 5.26 Å². The van der Waals surface area contributed by atoms with E-state index in [1.54, 1.807) is 17.1 Å². The molecule has 1 aromatic carbocycles. The third kappa shape index (κ3) is 6.09. The van der Waals surface area contributed by atoms with Crippen LogP contribution in [0.1, 0.15) is 17.5 Å². The zero-order chi connectivity index (χ0) is 17.2. The van der Waals surface area contributed by atoms with E-state index in [1.165, 1.54) is 0 Å². The van der Waals surface area contributed by atoms with Gasteiger partial charge in [-0.05, 0) is 37.1 Å². The zero-order valence-electron chi connectivity index (χ0n) is 14.1. The van der Waals surface area contributed by atoms with Crippen molar-refractivity contribution < 1.29 is 4.79 Å². The Hall–Kier alpha value is -2.38. The molecule has 23 heavy (non-hydrogen) atoms. The van der Waals surface area contributed by atoms with Gasteiger partial charge in [-0.15, -0.1) is 13.2 Å². The molecule has 0 N–H and O–H groups in total. The molecule has 122 valence electrons. The van der Waals surface area contributed by atoms with Gasteiger partial charge in [-0.3, -0.25) is 9.69 Å². The number of carbonyl (C=O) groups excluding carboxylic acids is 1. The molecule has 0 aromatic heterocycles. The quantitative estimate of drug-likeness (QED) is 0.658. The first kappa shape index (κ1) is 18.7. The molecular formula is C19H25N3O. The number of nitriles is 1. The number of rotatable bonds is 9. The average Bonchev–Trinajstić information content (AvgIpc) is 2.47. The molecule has 0 aliphatic carbocycles. The highest BCUT2D eigenvalue weighted by atomic mass is 16.2. The van der Waals surface area contributed by atoms with Crippen LogP contribution in [0.3, 0.4) is 0 Å². The minimum Gasteiger partial charge on any atom is -0.310 e. The number of benzene rings is 1. The first-order chi connectivity index (χ1) is 11.0. The molecule has 0 atom stereocenters. The van der Waals surface area contributed by atoms with Gasteiger partial charge < -0.3 is 4.90 Å². The molecule has 4 heteroatoms. The molecule has 4 nitrogen and oxygen atoms in total. The molecule has 0 aliphatic heterocycles. The third-order valence-corrected chi connectivity index (χ3v) is 3.40. The maximum absolute atomic E-state index is 12.7. The van der Waals surface area contributed by atoms with E-state index in [2.05, 4.69) is 25.3 Å². The first-order valence-electron chi connectivity index (χ1n) is 7.71. The van der Waals surface area contributed by atoms with Gasteiger partial charge in [0.2, 0.25) is 5.91 Å². The number of nitrogens with zero attached hydrogens (tertiary/aromatic N) is 3. The lowest BCUT2D eigenvalue weighted by molar-refractivity contribution is -0.119. The molecule has 1 aromatic rings. The van der Waals surface area contributed by atoms with Crippen molar-refractivity contribution in [1.82, 2.24) is 4.90 Å². The van der Waals surface area contributed by atoms with Crippen LogP contribution in [0.5, 0.6) is 0 Å². The molecule has 0 saturated carbocycles. The minimum atomic E-state index is -0.0195. The van der Waals surface area contributed by atoms with Gasteiger partial charge >= 0.3 is 0 Å². The summed E-state index contributed by atoms with van der Waals surface area (Å²) in [6, 6.07) is 8.14. The number of carbonyl (C=O) groups is 1. The second-order valence-corrected chi connectivity index (χ2v) is 5.57. The summed E-state index contributed by atoms with van der Waals surface area (Å²) in [5, 5.41) is 8.88. The Labute approximate surface area is 139 Å². The highest BCUT2D eigenvalue weighted by Crippen LogP contribution is 2.19. The van der Waals surface area contributed by atoms with E-state index in [1.807, 2.05) is 30.9 Å². The lowest BCUT2D eigenvalue weighted by Crippen LogP contribution is -2.41. The molecule has 0 heterocycles. The van der Waals surface area contributed by atoms with Gasteiger partial charge in [0.1, 0.15) is 0 Å². The van der Waals surface area contributed by atoms with Crippen LogP contribution in [0.15, 0.2) is 43.5 Å². The Bertz CT molecular complexity index is 571. The van der Waals surface area contributed by atoms with Crippen LogP contribution < -0.4 is 4.90 Å². The monoisotopic (exact) mass is 311 g/mol. The molecule has 0 saturated heterocycles. The molecule has 0 unspecified atom stereocenters. The van der Waals surface area contributed by atoms with Gasteiger partial charge in [-0.25, -0.2) is 0 Å². The SMILES string of the molecule is C=CCN(CC=C)CC(=O)N(CCC#N)c1cc(C)cc(C)c1. The first-order valence-corrected chi connectivity index (χ1v) is 7.71. The van der Waals surface area contributed by atoms with Gasteiger partial charge in [0.05, 0.1) is 19.0 Å². The van der Waals surface area contributed by atoms with Gasteiger partial charge in [-0.1, -0.05) is 18.2 Å². The Morgan fingerprint density at radius 1 is 1.17 bits per heavy atom. The Kier molecular flexibility index (Phi) is 7.79. The molecule has 0 radical (unpaired) electrons. The largest absolute Gasteiger partial charge is 0.310 e. The van der Waals surface area contributed by atoms with Crippen LogP contribution in [-0.4, -0.2) is 37.0 Å². The van der Waals surface area contributed by atoms with Crippen molar-refractivity contribution >= 4 is 11.6 Å². The van der Waals surface area contributed by atoms with Crippen LogP contribution in [-0.2, 0) is 4.79 Å². The predicted octanol–water partition coefficient (Wildman–Crippen LogP) is 3.22. The lowest BCUT2D eigenvalue weighted by Gasteiger charge is -2.26. The Morgan fingerprint density at radius 3 is 2.22 bits per heavy atom. The average molecular weight is 311 g/mol. The van der Waals surface area contributed by atoms with E-state index < -0.39 is 0 Å². The summed E-state index contributed by atoms with van der Waals surface area (Å²) in [4.78, 5) is 16.4. The van der Waals surface area contributed by atoms with Crippen LogP contribution >= 0.6 is 0 Å². The molecule has 0 spiro atoms. The molecule has 1 rings (SSSR count). The van der Waals surface area contributed by atoms with Crippen LogP contribution in [0, 0.1) is 25.2 Å². The maximum Gasteiger partial charge on any atom is 0.241 e. The highest BCUT2D eigenvalue weighted by molar-refractivity contribution is 5.95. The van der Waals surface area contributed by atoms with E-state index in [4.69, 9.17) is 5.26 Å². The topological polar surface area (TPSA) is 47.3 Å². The molecule has 0 fully saturated rings. The summed E-state index contributed by atoms with van der Waals surface area (Å²) in [7, 11) is 0. The van der Waals surface area contributed by atoms with Gasteiger partial charge in [0, 0.05) is 25.3 Å². The number of anilines is 1. The molecular weight excluding hydrogens is 286 g/mol. The number of hydrogen-bond acceptors (Lipinski definition) is 3. The normalized spacial score (nSPS) is 10.2. The fourth-order valence-corrected chi connectivity index (χ4v) is 2.51. The predicted molar refractivity (Wildman–Crippen MR) is 95.3 cm³/mol. The van der Waals surface area contributed by atoms with Crippen molar-refractivity contribution in [3.63, 3.8) is 0 Å². The molecule has 1 amide bonds. The zero-order valence-corrected chi connectivity index (χ0v) is 14.1. The van der Waals surface area contributed by atoms with Gasteiger partial charge in [0.15, 0.2) is 0 Å². The van der Waals surface area contributed by atoms with Crippen LogP contribution in [0.4, 0.5) is 5.69 Å². The van der Waals surface area contributed by atoms with Crippen molar-refractivity contribution in [2.75, 3.05) is 31.1 Å². The smallest absolute Gasteiger partial charge is 0.241 e. The number of hydrogen-bond donors (Lipinski definition) is 0. The fourth-order valence-electron chi connectivity index (χ4n) is 2.51. The van der Waals surface area contributed by atoms with Gasteiger partial charge in [0.25, 0.3) is 0 Å². The summed E-state index contributed by atoms with van der Waals surface area (Å²) in [5.41, 5.74) is 3.05. The summed E-state index contributed by atoms with van der Waals surface area (Å²) >= 11 is 0. The van der Waals surface area contributed by atoms with Crippen molar-refractivity contribution in [3.05, 3.63) is 54.6 Å². The van der Waals surface area contributed by atoms with Crippen molar-refractivity contribution in [2.45, 2.75) is 20.3 Å². The van der Waals surface area contributed by atoms with Crippen LogP contribution in [0.25, 0.3) is 0 Å². The van der Waals surface area contributed by atoms with E-state index >= 15 is 0 Å². The lowest BCUT2D eigenvalue weighted by atomic mass is 10.1. The van der Waals surface area contributed by atoms with E-state index in [9.17, 15) is 4.79 Å². The number of aryl methyl sites for hydroxylation is 2. The van der Waals surface area contributed by atoms with Crippen molar-refractivity contribution in [3.8, 4) is 6.07 Å². The number of amides is 1. The highest BCUT2D eigenvalue weighted by Gasteiger charge is 2.18. The summed E-state index contributed by atoms with van der Waals surface area (Å²) in [5.74, 6) is -0.0195. The second-order valence-electron chi connectivity index (χ2n) is 5.57. The van der Waals surface area contributed by atoms with Gasteiger partial charge in [-0.2, -0.15) is 5.26 Å². The molecule has 0 bridgehead atoms. The Morgan fingerprint density at radius 2 is 1.74 bits per heavy atom. The van der Waals surface area contributed by atoms with E-state index in [-0.39, 0.29) is 12.5 Å².